The molecule has 0 saturated carbocycles. The molecule has 0 atom stereocenters. The second-order valence-electron chi connectivity index (χ2n) is 9.99. The first-order valence-corrected chi connectivity index (χ1v) is 19.7. The van der Waals surface area contributed by atoms with E-state index >= 15 is 0 Å². The van der Waals surface area contributed by atoms with Gasteiger partial charge in [0.05, 0.1) is 15.0 Å². The van der Waals surface area contributed by atoms with Crippen molar-refractivity contribution in [2.75, 3.05) is 13.2 Å². The summed E-state index contributed by atoms with van der Waals surface area (Å²) in [5.74, 6) is 0. The molecule has 6 nitrogen and oxygen atoms in total. The van der Waals surface area contributed by atoms with Crippen molar-refractivity contribution >= 4 is 61.9 Å². The molecule has 31 heavy (non-hydrogen) atoms. The Morgan fingerprint density at radius 3 is 1.71 bits per heavy atom. The van der Waals surface area contributed by atoms with E-state index in [0.29, 0.717) is 23.8 Å². The van der Waals surface area contributed by atoms with E-state index in [0.717, 1.165) is 28.2 Å². The lowest BCUT2D eigenvalue weighted by atomic mass is 10.5. The molecule has 0 aromatic carbocycles. The second-order valence-corrected chi connectivity index (χ2v) is 23.1. The monoisotopic (exact) mass is 618 g/mol. The van der Waals surface area contributed by atoms with Gasteiger partial charge >= 0.3 is 0 Å². The molecule has 0 bridgehead atoms. The van der Waals surface area contributed by atoms with Gasteiger partial charge in [-0.25, -0.2) is 9.36 Å². The third kappa shape index (κ3) is 12.2. The number of aryl methyl sites for hydroxylation is 2. The second kappa shape index (κ2) is 13.1. The third-order valence-electron chi connectivity index (χ3n) is 4.27. The molecule has 2 rings (SSSR count). The van der Waals surface area contributed by atoms with E-state index in [1.807, 2.05) is 19.9 Å². The normalized spacial score (nSPS) is 12.1. The number of hydrogen-bond acceptors (Lipinski definition) is 4. The lowest BCUT2D eigenvalue weighted by Crippen LogP contribution is -2.22. The van der Waals surface area contributed by atoms with Crippen LogP contribution in [-0.2, 0) is 22.9 Å². The first-order valence-electron chi connectivity index (χ1n) is 10.4. The largest absolute Gasteiger partial charge is 0.359 e. The quantitative estimate of drug-likeness (QED) is 0.165. The molecule has 0 radical (unpaired) electrons. The molecule has 0 aliphatic carbocycles. The molecule has 178 valence electrons. The van der Waals surface area contributed by atoms with Crippen molar-refractivity contribution in [3.05, 3.63) is 31.3 Å². The average molecular weight is 620 g/mol. The van der Waals surface area contributed by atoms with Crippen molar-refractivity contribution in [2.45, 2.75) is 78.7 Å². The molecule has 2 aromatic rings. The standard InChI is InChI=1S/C10H18ClIN2OSi.C10H19ClN2OSi/c1-8-9(12)10(11)14(13-8)7-15-5-6-16(2,3)4;1-9-7-10(11)13(12-9)8-14-5-6-15(2,3)4/h5-7H2,1-4H3;7H,5-6,8H2,1-4H3. The van der Waals surface area contributed by atoms with Gasteiger partial charge in [0.15, 0.2) is 0 Å². The summed E-state index contributed by atoms with van der Waals surface area (Å²) in [5, 5.41) is 9.83. The number of rotatable bonds is 10. The number of halogens is 3. The van der Waals surface area contributed by atoms with E-state index in [1.165, 1.54) is 12.1 Å². The van der Waals surface area contributed by atoms with Crippen molar-refractivity contribution in [2.24, 2.45) is 0 Å². The van der Waals surface area contributed by atoms with E-state index in [1.54, 1.807) is 9.36 Å². The molecule has 0 amide bonds. The molecule has 2 heterocycles. The topological polar surface area (TPSA) is 54.1 Å². The molecular weight excluding hydrogens is 582 g/mol. The maximum Gasteiger partial charge on any atom is 0.143 e. The zero-order valence-corrected chi connectivity index (χ0v) is 25.7. The van der Waals surface area contributed by atoms with Crippen LogP contribution >= 0.6 is 45.8 Å². The van der Waals surface area contributed by atoms with Crippen LogP contribution in [-0.4, -0.2) is 48.9 Å². The molecule has 2 aromatic heterocycles. The summed E-state index contributed by atoms with van der Waals surface area (Å²) in [5.41, 5.74) is 1.88. The Balaban J connectivity index is 0.000000311. The highest BCUT2D eigenvalue weighted by Crippen LogP contribution is 2.21. The van der Waals surface area contributed by atoms with Crippen LogP contribution in [0, 0.1) is 17.4 Å². The van der Waals surface area contributed by atoms with Crippen LogP contribution in [0.25, 0.3) is 0 Å². The maximum absolute atomic E-state index is 6.10. The van der Waals surface area contributed by atoms with E-state index in [9.17, 15) is 0 Å². The van der Waals surface area contributed by atoms with Gasteiger partial charge in [0.25, 0.3) is 0 Å². The van der Waals surface area contributed by atoms with Gasteiger partial charge in [0.1, 0.15) is 23.8 Å². The highest BCUT2D eigenvalue weighted by molar-refractivity contribution is 14.1. The van der Waals surface area contributed by atoms with Gasteiger partial charge in [-0.15, -0.1) is 0 Å². The number of ether oxygens (including phenoxy) is 2. The van der Waals surface area contributed by atoms with E-state index in [4.69, 9.17) is 32.7 Å². The Hall–Kier alpha value is 0.0838. The summed E-state index contributed by atoms with van der Waals surface area (Å²) in [6.07, 6.45) is 0. The zero-order chi connectivity index (χ0) is 23.8. The Bertz CT molecular complexity index is 817. The lowest BCUT2D eigenvalue weighted by molar-refractivity contribution is 0.0785. The van der Waals surface area contributed by atoms with Crippen LogP contribution in [0.3, 0.4) is 0 Å². The zero-order valence-electron chi connectivity index (χ0n) is 20.1. The third-order valence-corrected chi connectivity index (χ3v) is 9.98. The lowest BCUT2D eigenvalue weighted by Gasteiger charge is -2.15. The van der Waals surface area contributed by atoms with Crippen LogP contribution in [0.1, 0.15) is 11.4 Å². The minimum Gasteiger partial charge on any atom is -0.359 e. The van der Waals surface area contributed by atoms with Crippen molar-refractivity contribution < 1.29 is 9.47 Å². The van der Waals surface area contributed by atoms with Gasteiger partial charge < -0.3 is 9.47 Å². The number of hydrogen-bond donors (Lipinski definition) is 0. The average Bonchev–Trinajstić information content (AvgIpc) is 3.07. The summed E-state index contributed by atoms with van der Waals surface area (Å²) < 4.78 is 15.5. The van der Waals surface area contributed by atoms with E-state index < -0.39 is 16.1 Å². The van der Waals surface area contributed by atoms with Crippen LogP contribution in [0.5, 0.6) is 0 Å². The molecule has 0 aliphatic heterocycles. The Kier molecular flexibility index (Phi) is 12.3. The number of nitrogens with zero attached hydrogens (tertiary/aromatic N) is 4. The van der Waals surface area contributed by atoms with Crippen molar-refractivity contribution in [3.8, 4) is 0 Å². The molecule has 0 fully saturated rings. The van der Waals surface area contributed by atoms with E-state index in [-0.39, 0.29) is 0 Å². The fourth-order valence-corrected chi connectivity index (χ4v) is 4.65. The Morgan fingerprint density at radius 1 is 0.871 bits per heavy atom. The van der Waals surface area contributed by atoms with Gasteiger partial charge in [-0.05, 0) is 54.6 Å². The Labute approximate surface area is 213 Å². The first kappa shape index (κ1) is 29.1. The molecule has 0 aliphatic rings. The van der Waals surface area contributed by atoms with Gasteiger partial charge in [-0.2, -0.15) is 10.2 Å². The molecule has 0 N–H and O–H groups in total. The summed E-state index contributed by atoms with van der Waals surface area (Å²) in [6, 6.07) is 4.18. The fraction of sp³-hybridized carbons (Fsp3) is 0.700. The van der Waals surface area contributed by atoms with E-state index in [2.05, 4.69) is 72.1 Å². The fourth-order valence-electron chi connectivity index (χ4n) is 2.28. The van der Waals surface area contributed by atoms with Crippen LogP contribution < -0.4 is 0 Å². The molecule has 0 saturated heterocycles. The maximum atomic E-state index is 6.10. The van der Waals surface area contributed by atoms with Gasteiger partial charge in [0, 0.05) is 29.4 Å². The SMILES string of the molecule is Cc1cc(Cl)n(COCC[Si](C)(C)C)n1.Cc1nn(COCC[Si](C)(C)C)c(Cl)c1I. The van der Waals surface area contributed by atoms with Gasteiger partial charge in [0.2, 0.25) is 0 Å². The number of aromatic nitrogens is 4. The smallest absolute Gasteiger partial charge is 0.143 e. The molecular formula is C20H37Cl2IN4O2Si2. The summed E-state index contributed by atoms with van der Waals surface area (Å²) in [6.45, 7) is 20.4. The summed E-state index contributed by atoms with van der Waals surface area (Å²) >= 11 is 14.2. The van der Waals surface area contributed by atoms with Crippen molar-refractivity contribution in [1.29, 1.82) is 0 Å². The van der Waals surface area contributed by atoms with Crippen molar-refractivity contribution in [1.82, 2.24) is 19.6 Å². The first-order chi connectivity index (χ1) is 14.2. The highest BCUT2D eigenvalue weighted by Gasteiger charge is 2.14. The van der Waals surface area contributed by atoms with Crippen LogP contribution in [0.4, 0.5) is 0 Å². The summed E-state index contributed by atoms with van der Waals surface area (Å²) in [7, 11) is -2.00. The van der Waals surface area contributed by atoms with Gasteiger partial charge in [-0.1, -0.05) is 62.5 Å². The predicted molar refractivity (Wildman–Crippen MR) is 145 cm³/mol. The van der Waals surface area contributed by atoms with Gasteiger partial charge in [-0.3, -0.25) is 0 Å². The molecule has 0 unspecified atom stereocenters. The summed E-state index contributed by atoms with van der Waals surface area (Å²) in [4.78, 5) is 0. The van der Waals surface area contributed by atoms with Crippen molar-refractivity contribution in [3.63, 3.8) is 0 Å². The molecule has 0 spiro atoms. The van der Waals surface area contributed by atoms with Crippen LogP contribution in [0.15, 0.2) is 6.07 Å². The minimum atomic E-state index is -1.00. The van der Waals surface area contributed by atoms with Crippen LogP contribution in [0.2, 0.25) is 61.7 Å². The minimum absolute atomic E-state index is 0.452. The molecule has 11 heteroatoms. The highest BCUT2D eigenvalue weighted by atomic mass is 127. The predicted octanol–water partition coefficient (Wildman–Crippen LogP) is 6.92. The Morgan fingerprint density at radius 2 is 1.35 bits per heavy atom.